The number of rotatable bonds is 3. The van der Waals surface area contributed by atoms with Gasteiger partial charge in [-0.25, -0.2) is 9.98 Å². The Kier molecular flexibility index (Phi) is 3.08. The number of H-pyrrole nitrogens is 1. The molecule has 3 heterocycles. The van der Waals surface area contributed by atoms with Gasteiger partial charge in [0.1, 0.15) is 17.4 Å². The number of guanidine groups is 1. The van der Waals surface area contributed by atoms with E-state index in [0.717, 1.165) is 17.5 Å². The number of aromatic amines is 1. The van der Waals surface area contributed by atoms with E-state index < -0.39 is 0 Å². The van der Waals surface area contributed by atoms with E-state index in [4.69, 9.17) is 5.26 Å². The number of nitrogens with one attached hydrogen (secondary N) is 3. The molecule has 0 unspecified atom stereocenters. The molecule has 1 amide bonds. The van der Waals surface area contributed by atoms with Crippen LogP contribution in [0.1, 0.15) is 24.0 Å². The first-order valence-electron chi connectivity index (χ1n) is 7.46. The quantitative estimate of drug-likeness (QED) is 0.742. The Morgan fingerprint density at radius 2 is 2.35 bits per heavy atom. The maximum absolute atomic E-state index is 12.0. The maximum Gasteiger partial charge on any atom is 0.276 e. The molecule has 0 spiro atoms. The smallest absolute Gasteiger partial charge is 0.276 e. The fourth-order valence-electron chi connectivity index (χ4n) is 2.47. The van der Waals surface area contributed by atoms with Gasteiger partial charge in [-0.1, -0.05) is 0 Å². The zero-order valence-corrected chi connectivity index (χ0v) is 12.3. The van der Waals surface area contributed by atoms with Crippen LogP contribution in [0.4, 0.5) is 0 Å². The lowest BCUT2D eigenvalue weighted by Crippen LogP contribution is -2.37. The lowest BCUT2D eigenvalue weighted by atomic mass is 10.1. The number of carbonyl (C=O) groups is 1. The number of pyridine rings is 1. The van der Waals surface area contributed by atoms with Crippen molar-refractivity contribution in [3.8, 4) is 6.07 Å². The number of fused-ring (bicyclic) bond motifs is 1. The summed E-state index contributed by atoms with van der Waals surface area (Å²) in [6.45, 7) is 0.842. The van der Waals surface area contributed by atoms with Gasteiger partial charge < -0.3 is 10.3 Å². The van der Waals surface area contributed by atoms with Gasteiger partial charge in [0.05, 0.1) is 5.56 Å². The number of nitrogens with zero attached hydrogens (tertiary/aromatic N) is 3. The van der Waals surface area contributed by atoms with E-state index in [0.29, 0.717) is 28.8 Å². The average molecular weight is 306 g/mol. The first-order chi connectivity index (χ1) is 11.2. The second-order valence-electron chi connectivity index (χ2n) is 5.74. The molecule has 114 valence electrons. The van der Waals surface area contributed by atoms with E-state index in [1.165, 1.54) is 19.0 Å². The van der Waals surface area contributed by atoms with Gasteiger partial charge in [0.25, 0.3) is 5.91 Å². The molecule has 2 aromatic heterocycles. The summed E-state index contributed by atoms with van der Waals surface area (Å²) in [7, 11) is 0. The average Bonchev–Trinajstić information content (AvgIpc) is 3.22. The molecule has 0 bridgehead atoms. The lowest BCUT2D eigenvalue weighted by Gasteiger charge is -2.02. The fraction of sp³-hybridized carbons (Fsp3) is 0.250. The van der Waals surface area contributed by atoms with Crippen molar-refractivity contribution in [3.05, 3.63) is 35.3 Å². The molecule has 2 aromatic rings. The maximum atomic E-state index is 12.0. The number of nitriles is 1. The molecule has 0 atom stereocenters. The van der Waals surface area contributed by atoms with E-state index in [9.17, 15) is 4.79 Å². The van der Waals surface area contributed by atoms with Crippen LogP contribution in [0.15, 0.2) is 29.1 Å². The third-order valence-electron chi connectivity index (χ3n) is 3.94. The second kappa shape index (κ2) is 5.25. The Morgan fingerprint density at radius 1 is 1.48 bits per heavy atom. The van der Waals surface area contributed by atoms with Crippen LogP contribution in [-0.2, 0) is 4.79 Å². The van der Waals surface area contributed by atoms with Crippen molar-refractivity contribution >= 4 is 29.0 Å². The fourth-order valence-corrected chi connectivity index (χ4v) is 2.47. The van der Waals surface area contributed by atoms with Crippen molar-refractivity contribution in [1.29, 1.82) is 5.26 Å². The number of amides is 1. The summed E-state index contributed by atoms with van der Waals surface area (Å²) >= 11 is 0. The normalized spacial score (nSPS) is 18.8. The summed E-state index contributed by atoms with van der Waals surface area (Å²) in [5.74, 6) is 0.970. The molecule has 1 aliphatic carbocycles. The minimum atomic E-state index is -0.234. The van der Waals surface area contributed by atoms with Gasteiger partial charge in [-0.15, -0.1) is 0 Å². The van der Waals surface area contributed by atoms with Gasteiger partial charge in [-0.05, 0) is 30.9 Å². The molecule has 3 N–H and O–H groups in total. The Morgan fingerprint density at radius 3 is 3.13 bits per heavy atom. The summed E-state index contributed by atoms with van der Waals surface area (Å²) in [6.07, 6.45) is 7.43. The molecule has 7 heteroatoms. The SMILES string of the molecule is N#Cc1cnc2[nH]cc(C=C3N=C(NCC4CC4)NC3=O)c2c1. The van der Waals surface area contributed by atoms with E-state index >= 15 is 0 Å². The van der Waals surface area contributed by atoms with Crippen LogP contribution in [0.25, 0.3) is 17.1 Å². The summed E-state index contributed by atoms with van der Waals surface area (Å²) in [6, 6.07) is 3.81. The van der Waals surface area contributed by atoms with E-state index in [1.54, 1.807) is 18.3 Å². The van der Waals surface area contributed by atoms with Crippen molar-refractivity contribution < 1.29 is 4.79 Å². The number of carbonyl (C=O) groups excluding carboxylic acids is 1. The first-order valence-corrected chi connectivity index (χ1v) is 7.46. The number of aliphatic imine (C=N–C) groups is 1. The molecule has 0 radical (unpaired) electrons. The van der Waals surface area contributed by atoms with Crippen LogP contribution in [0.2, 0.25) is 0 Å². The molecular formula is C16H14N6O. The first kappa shape index (κ1) is 13.5. The minimum absolute atomic E-state index is 0.234. The van der Waals surface area contributed by atoms with Crippen molar-refractivity contribution in [2.75, 3.05) is 6.54 Å². The molecular weight excluding hydrogens is 292 g/mol. The summed E-state index contributed by atoms with van der Waals surface area (Å²) in [5, 5.41) is 15.7. The van der Waals surface area contributed by atoms with Crippen molar-refractivity contribution in [3.63, 3.8) is 0 Å². The van der Waals surface area contributed by atoms with Gasteiger partial charge >= 0.3 is 0 Å². The highest BCUT2D eigenvalue weighted by Gasteiger charge is 2.24. The highest BCUT2D eigenvalue weighted by molar-refractivity contribution is 6.14. The molecule has 0 saturated heterocycles. The standard InChI is InChI=1S/C16H14N6O/c17-5-10-3-12-11(8-19-14(12)18-7-10)4-13-15(23)22-16(21-13)20-6-9-1-2-9/h3-4,7-9H,1-2,6H2,(H,18,19)(H2,20,21,22,23). The molecule has 0 aromatic carbocycles. The van der Waals surface area contributed by atoms with Gasteiger partial charge in [-0.2, -0.15) is 5.26 Å². The van der Waals surface area contributed by atoms with E-state index in [2.05, 4.69) is 31.7 Å². The number of hydrogen-bond donors (Lipinski definition) is 3. The van der Waals surface area contributed by atoms with Crippen molar-refractivity contribution in [1.82, 2.24) is 20.6 Å². The summed E-state index contributed by atoms with van der Waals surface area (Å²) in [5.41, 5.74) is 2.27. The van der Waals surface area contributed by atoms with E-state index in [1.807, 2.05) is 0 Å². The second-order valence-corrected chi connectivity index (χ2v) is 5.74. The zero-order chi connectivity index (χ0) is 15.8. The molecule has 7 nitrogen and oxygen atoms in total. The Bertz CT molecular complexity index is 897. The third kappa shape index (κ3) is 2.66. The largest absolute Gasteiger partial charge is 0.355 e. The van der Waals surface area contributed by atoms with Crippen LogP contribution in [0, 0.1) is 17.2 Å². The van der Waals surface area contributed by atoms with Gasteiger partial charge in [0.2, 0.25) is 5.96 Å². The molecule has 2 aliphatic rings. The summed E-state index contributed by atoms with van der Waals surface area (Å²) in [4.78, 5) is 23.5. The molecule has 1 saturated carbocycles. The van der Waals surface area contributed by atoms with Crippen molar-refractivity contribution in [2.45, 2.75) is 12.8 Å². The van der Waals surface area contributed by atoms with Crippen LogP contribution in [-0.4, -0.2) is 28.4 Å². The van der Waals surface area contributed by atoms with Gasteiger partial charge in [0, 0.05) is 29.9 Å². The monoisotopic (exact) mass is 306 g/mol. The molecule has 23 heavy (non-hydrogen) atoms. The van der Waals surface area contributed by atoms with Gasteiger partial charge in [-0.3, -0.25) is 10.1 Å². The predicted molar refractivity (Wildman–Crippen MR) is 85.1 cm³/mol. The predicted octanol–water partition coefficient (Wildman–Crippen LogP) is 1.26. The molecule has 1 fully saturated rings. The van der Waals surface area contributed by atoms with Crippen LogP contribution in [0.5, 0.6) is 0 Å². The molecule has 4 rings (SSSR count). The third-order valence-corrected chi connectivity index (χ3v) is 3.94. The van der Waals surface area contributed by atoms with Crippen molar-refractivity contribution in [2.24, 2.45) is 10.9 Å². The van der Waals surface area contributed by atoms with Gasteiger partial charge in [0.15, 0.2) is 0 Å². The minimum Gasteiger partial charge on any atom is -0.355 e. The highest BCUT2D eigenvalue weighted by Crippen LogP contribution is 2.27. The molecule has 1 aliphatic heterocycles. The summed E-state index contributed by atoms with van der Waals surface area (Å²) < 4.78 is 0. The number of aromatic nitrogens is 2. The zero-order valence-electron chi connectivity index (χ0n) is 12.3. The Labute approximate surface area is 132 Å². The van der Waals surface area contributed by atoms with Crippen LogP contribution in [0.3, 0.4) is 0 Å². The Hall–Kier alpha value is -3.14. The topological polar surface area (TPSA) is 106 Å². The number of hydrogen-bond acceptors (Lipinski definition) is 5. The van der Waals surface area contributed by atoms with E-state index in [-0.39, 0.29) is 5.91 Å². The Balaban J connectivity index is 1.63. The highest BCUT2D eigenvalue weighted by atomic mass is 16.2. The lowest BCUT2D eigenvalue weighted by molar-refractivity contribution is -0.115. The van der Waals surface area contributed by atoms with Crippen LogP contribution < -0.4 is 10.6 Å². The van der Waals surface area contributed by atoms with Crippen LogP contribution >= 0.6 is 0 Å².